The summed E-state index contributed by atoms with van der Waals surface area (Å²) in [5.74, 6) is 0.375. The molecule has 0 amide bonds. The van der Waals surface area contributed by atoms with E-state index in [1.54, 1.807) is 0 Å². The first-order chi connectivity index (χ1) is 3.27. The van der Waals surface area contributed by atoms with Crippen LogP contribution in [0.15, 0.2) is 11.2 Å². The van der Waals surface area contributed by atoms with Gasteiger partial charge in [0.05, 0.1) is 0 Å². The van der Waals surface area contributed by atoms with Crippen molar-refractivity contribution in [2.75, 3.05) is 0 Å². The normalized spacial score (nSPS) is 9.38. The summed E-state index contributed by atoms with van der Waals surface area (Å²) in [6.07, 6.45) is 3.98. The number of hydrogen-bond acceptors (Lipinski definition) is 1. The molecule has 0 aromatic rings. The van der Waals surface area contributed by atoms with Gasteiger partial charge in [0.15, 0.2) is 0 Å². The molecule has 0 aromatic carbocycles. The molecule has 0 bridgehead atoms. The van der Waals surface area contributed by atoms with Crippen LogP contribution < -0.4 is 0 Å². The average molecular weight is 333 g/mol. The summed E-state index contributed by atoms with van der Waals surface area (Å²) in [5, 5.41) is 0. The first-order valence-electron chi connectivity index (χ1n) is 2.26. The van der Waals surface area contributed by atoms with Gasteiger partial charge in [-0.3, -0.25) is 0 Å². The van der Waals surface area contributed by atoms with Crippen LogP contribution >= 0.6 is 0 Å². The second-order valence-electron chi connectivity index (χ2n) is 1.56. The molecular formula is C6H9NU. The molecule has 2 heteroatoms. The first kappa shape index (κ1) is 11.3. The molecule has 0 aliphatic carbocycles. The molecule has 8 heavy (non-hydrogen) atoms. The zero-order valence-corrected chi connectivity index (χ0v) is 9.34. The Morgan fingerprint density at radius 2 is 2.12 bits per heavy atom. The van der Waals surface area contributed by atoms with Gasteiger partial charge in [-0.15, -0.1) is 0 Å². The van der Waals surface area contributed by atoms with E-state index >= 15 is 0 Å². The number of aliphatic imine (C=N–C) groups is 1. The van der Waals surface area contributed by atoms with Crippen molar-refractivity contribution in [1.82, 2.24) is 0 Å². The minimum absolute atomic E-state index is 0. The molecule has 0 saturated heterocycles. The molecule has 0 saturated carbocycles. The summed E-state index contributed by atoms with van der Waals surface area (Å²) in [4.78, 5) is 3.57. The van der Waals surface area contributed by atoms with Crippen LogP contribution in [-0.2, 0) is 0 Å². The predicted molar refractivity (Wildman–Crippen MR) is 31.1 cm³/mol. The first-order valence-corrected chi connectivity index (χ1v) is 2.26. The summed E-state index contributed by atoms with van der Waals surface area (Å²) in [6, 6.07) is 0. The minimum atomic E-state index is 0. The Balaban J connectivity index is 0. The number of rotatable bonds is 2. The quantitative estimate of drug-likeness (QED) is 0.537. The van der Waals surface area contributed by atoms with Gasteiger partial charge in [-0.1, -0.05) is 19.8 Å². The van der Waals surface area contributed by atoms with Crippen molar-refractivity contribution in [3.8, 4) is 0 Å². The molecule has 1 nitrogen and oxygen atoms in total. The maximum atomic E-state index is 4.92. The Hall–Kier alpha value is 0.462. The fraction of sp³-hybridized carbons (Fsp3) is 0.500. The standard InChI is InChI=1S/C6H9N.U/c1-4-7-5-6(2)3;/h1,4,6H,2-3H3;/q-2;+2. The maximum Gasteiger partial charge on any atom is 2.00 e. The van der Waals surface area contributed by atoms with Gasteiger partial charge < -0.3 is 17.8 Å². The Morgan fingerprint density at radius 1 is 1.62 bits per heavy atom. The molecule has 0 atom stereocenters. The van der Waals surface area contributed by atoms with Crippen molar-refractivity contribution in [2.45, 2.75) is 13.8 Å². The van der Waals surface area contributed by atoms with E-state index in [9.17, 15) is 0 Å². The molecule has 42 valence electrons. The summed E-state index contributed by atoms with van der Waals surface area (Å²) in [6.45, 7) is 8.91. The van der Waals surface area contributed by atoms with E-state index < -0.39 is 0 Å². The van der Waals surface area contributed by atoms with E-state index in [0.29, 0.717) is 5.92 Å². The summed E-state index contributed by atoms with van der Waals surface area (Å²) < 4.78 is 0. The third-order valence-electron chi connectivity index (χ3n) is 0.407. The van der Waals surface area contributed by atoms with Crippen molar-refractivity contribution in [1.29, 1.82) is 0 Å². The molecule has 0 radical (unpaired) electrons. The molecule has 0 rings (SSSR count). The van der Waals surface area contributed by atoms with Gasteiger partial charge in [0.25, 0.3) is 0 Å². The van der Waals surface area contributed by atoms with Gasteiger partial charge in [0.1, 0.15) is 0 Å². The topological polar surface area (TPSA) is 12.4 Å². The second kappa shape index (κ2) is 7.46. The molecule has 0 aliphatic heterocycles. The van der Waals surface area contributed by atoms with Crippen LogP contribution in [0.3, 0.4) is 0 Å². The third-order valence-corrected chi connectivity index (χ3v) is 0.407. The van der Waals surface area contributed by atoms with E-state index in [2.05, 4.69) is 11.2 Å². The van der Waals surface area contributed by atoms with Crippen LogP contribution in [0.5, 0.6) is 0 Å². The monoisotopic (exact) mass is 333 g/mol. The van der Waals surface area contributed by atoms with Crippen molar-refractivity contribution in [2.24, 2.45) is 10.9 Å². The molecule has 0 aliphatic rings. The van der Waals surface area contributed by atoms with Crippen LogP contribution in [-0.4, -0.2) is 6.21 Å². The minimum Gasteiger partial charge on any atom is -0.601 e. The molecular weight excluding hydrogens is 324 g/mol. The molecule has 0 fully saturated rings. The molecule has 0 heterocycles. The molecule has 0 unspecified atom stereocenters. The van der Waals surface area contributed by atoms with Crippen LogP contribution in [0.4, 0.5) is 0 Å². The smallest absolute Gasteiger partial charge is 0.601 e. The zero-order chi connectivity index (χ0) is 5.70. The maximum absolute atomic E-state index is 4.92. The molecule has 0 spiro atoms. The van der Waals surface area contributed by atoms with Gasteiger partial charge in [-0.05, 0) is 0 Å². The van der Waals surface area contributed by atoms with Crippen LogP contribution in [0.25, 0.3) is 0 Å². The van der Waals surface area contributed by atoms with Crippen molar-refractivity contribution >= 4 is 6.21 Å². The van der Waals surface area contributed by atoms with Gasteiger partial charge in [0, 0.05) is 0 Å². The second-order valence-corrected chi connectivity index (χ2v) is 1.56. The predicted octanol–water partition coefficient (Wildman–Crippen LogP) is 1.54. The van der Waals surface area contributed by atoms with Gasteiger partial charge >= 0.3 is 31.1 Å². The SMILES string of the molecule is [CH-]=CN=[C-]C(C)C.[U+2]. The van der Waals surface area contributed by atoms with E-state index in [1.807, 2.05) is 13.8 Å². The Labute approximate surface area is 74.6 Å². The van der Waals surface area contributed by atoms with Crippen LogP contribution in [0, 0.1) is 43.6 Å². The number of hydrogen-bond donors (Lipinski definition) is 0. The van der Waals surface area contributed by atoms with E-state index in [4.69, 9.17) is 6.58 Å². The Kier molecular flexibility index (Phi) is 10.5. The van der Waals surface area contributed by atoms with Crippen molar-refractivity contribution in [3.63, 3.8) is 0 Å². The van der Waals surface area contributed by atoms with E-state index in [0.717, 1.165) is 0 Å². The number of nitrogens with zero attached hydrogens (tertiary/aromatic N) is 1. The van der Waals surface area contributed by atoms with Gasteiger partial charge in [-0.25, -0.2) is 0 Å². The van der Waals surface area contributed by atoms with Crippen molar-refractivity contribution in [3.05, 3.63) is 12.8 Å². The van der Waals surface area contributed by atoms with Gasteiger partial charge in [0.2, 0.25) is 0 Å². The summed E-state index contributed by atoms with van der Waals surface area (Å²) >= 11 is 0. The van der Waals surface area contributed by atoms with Gasteiger partial charge in [-0.2, -0.15) is 6.21 Å². The van der Waals surface area contributed by atoms with Crippen LogP contribution in [0.2, 0.25) is 0 Å². The fourth-order valence-electron chi connectivity index (χ4n) is 0.192. The largest absolute Gasteiger partial charge is 2.00 e. The molecule has 0 aromatic heterocycles. The van der Waals surface area contributed by atoms with Crippen LogP contribution in [0.1, 0.15) is 13.8 Å². The Bertz CT molecular complexity index is 76.6. The van der Waals surface area contributed by atoms with E-state index in [-0.39, 0.29) is 31.1 Å². The summed E-state index contributed by atoms with van der Waals surface area (Å²) in [5.41, 5.74) is 0. The average Bonchev–Trinajstić information content (AvgIpc) is 1.61. The summed E-state index contributed by atoms with van der Waals surface area (Å²) in [7, 11) is 0. The molecule has 0 N–H and O–H groups in total. The fourth-order valence-corrected chi connectivity index (χ4v) is 0.192. The van der Waals surface area contributed by atoms with Crippen molar-refractivity contribution < 1.29 is 31.1 Å². The zero-order valence-electron chi connectivity index (χ0n) is 5.18. The Morgan fingerprint density at radius 3 is 2.25 bits per heavy atom. The van der Waals surface area contributed by atoms with E-state index in [1.165, 1.54) is 6.20 Å². The third kappa shape index (κ3) is 9.68.